The predicted molar refractivity (Wildman–Crippen MR) is 78.5 cm³/mol. The van der Waals surface area contributed by atoms with Gasteiger partial charge in [-0.25, -0.2) is 0 Å². The van der Waals surface area contributed by atoms with E-state index < -0.39 is 16.4 Å². The van der Waals surface area contributed by atoms with E-state index in [1.807, 2.05) is 0 Å². The average Bonchev–Trinajstić information content (AvgIpc) is 2.37. The summed E-state index contributed by atoms with van der Waals surface area (Å²) < 4.78 is 13.5. The minimum atomic E-state index is -0.837. The van der Waals surface area contributed by atoms with Gasteiger partial charge in [0, 0.05) is 22.4 Å². The molecule has 2 aromatic rings. The van der Waals surface area contributed by atoms with Gasteiger partial charge in [-0.05, 0) is 29.8 Å². The fourth-order valence-corrected chi connectivity index (χ4v) is 2.80. The number of rotatable bonds is 4. The van der Waals surface area contributed by atoms with Crippen molar-refractivity contribution in [3.05, 3.63) is 62.9 Å². The van der Waals surface area contributed by atoms with Gasteiger partial charge in [0.15, 0.2) is 0 Å². The third-order valence-corrected chi connectivity index (χ3v) is 4.13. The summed E-state index contributed by atoms with van der Waals surface area (Å²) in [6.07, 6.45) is 0. The Bertz CT molecular complexity index is 667. The van der Waals surface area contributed by atoms with E-state index in [0.29, 0.717) is 22.0 Å². The van der Waals surface area contributed by atoms with Gasteiger partial charge in [-0.2, -0.15) is 4.39 Å². The summed E-state index contributed by atoms with van der Waals surface area (Å²) in [5.74, 6) is -0.380. The zero-order valence-electron chi connectivity index (χ0n) is 10.2. The number of benzene rings is 2. The molecule has 0 aliphatic carbocycles. The molecule has 0 amide bonds. The Labute approximate surface area is 123 Å². The summed E-state index contributed by atoms with van der Waals surface area (Å²) >= 11 is 7.44. The first-order chi connectivity index (χ1) is 9.47. The minimum Gasteiger partial charge on any atom is -0.399 e. The maximum Gasteiger partial charge on any atom is 0.304 e. The molecule has 4 nitrogen and oxygen atoms in total. The highest BCUT2D eigenvalue weighted by Crippen LogP contribution is 2.31. The number of hydrogen-bond donors (Lipinski definition) is 1. The molecule has 2 N–H and O–H groups in total. The van der Waals surface area contributed by atoms with Gasteiger partial charge in [-0.3, -0.25) is 10.1 Å². The lowest BCUT2D eigenvalue weighted by molar-refractivity contribution is -0.387. The highest BCUT2D eigenvalue weighted by atomic mass is 35.5. The SMILES string of the molecule is Nc1ccc(SCc2ccc([N+](=O)[O-])c(F)c2)c(Cl)c1. The summed E-state index contributed by atoms with van der Waals surface area (Å²) in [4.78, 5) is 10.6. The van der Waals surface area contributed by atoms with Crippen molar-refractivity contribution in [2.45, 2.75) is 10.6 Å². The van der Waals surface area contributed by atoms with Crippen LogP contribution in [0.25, 0.3) is 0 Å². The van der Waals surface area contributed by atoms with Gasteiger partial charge in [-0.15, -0.1) is 11.8 Å². The highest BCUT2D eigenvalue weighted by molar-refractivity contribution is 7.98. The van der Waals surface area contributed by atoms with Crippen LogP contribution in [0, 0.1) is 15.9 Å². The molecule has 0 aromatic heterocycles. The van der Waals surface area contributed by atoms with E-state index in [9.17, 15) is 14.5 Å². The van der Waals surface area contributed by atoms with Gasteiger partial charge in [-0.1, -0.05) is 17.7 Å². The second-order valence-corrected chi connectivity index (χ2v) is 5.45. The number of nitro benzene ring substituents is 1. The topological polar surface area (TPSA) is 69.2 Å². The number of hydrogen-bond acceptors (Lipinski definition) is 4. The van der Waals surface area contributed by atoms with Crippen molar-refractivity contribution in [3.63, 3.8) is 0 Å². The molecule has 0 radical (unpaired) electrons. The number of thioether (sulfide) groups is 1. The Morgan fingerprint density at radius 3 is 2.65 bits per heavy atom. The lowest BCUT2D eigenvalue weighted by atomic mass is 10.2. The van der Waals surface area contributed by atoms with Gasteiger partial charge < -0.3 is 5.73 Å². The van der Waals surface area contributed by atoms with Crippen molar-refractivity contribution in [1.29, 1.82) is 0 Å². The molecule has 104 valence electrons. The van der Waals surface area contributed by atoms with E-state index in [0.717, 1.165) is 17.0 Å². The van der Waals surface area contributed by atoms with Gasteiger partial charge in [0.25, 0.3) is 0 Å². The van der Waals surface area contributed by atoms with Crippen molar-refractivity contribution in [2.24, 2.45) is 0 Å². The van der Waals surface area contributed by atoms with Crippen molar-refractivity contribution in [1.82, 2.24) is 0 Å². The Morgan fingerprint density at radius 1 is 1.30 bits per heavy atom. The quantitative estimate of drug-likeness (QED) is 0.396. The molecule has 0 saturated heterocycles. The fourth-order valence-electron chi connectivity index (χ4n) is 1.58. The van der Waals surface area contributed by atoms with Crippen LogP contribution in [0.1, 0.15) is 5.56 Å². The van der Waals surface area contributed by atoms with Crippen molar-refractivity contribution < 1.29 is 9.31 Å². The molecule has 20 heavy (non-hydrogen) atoms. The molecule has 0 heterocycles. The number of nitrogens with zero attached hydrogens (tertiary/aromatic N) is 1. The van der Waals surface area contributed by atoms with Crippen molar-refractivity contribution in [2.75, 3.05) is 5.73 Å². The van der Waals surface area contributed by atoms with Crippen LogP contribution in [0.4, 0.5) is 15.8 Å². The Kier molecular flexibility index (Phi) is 4.46. The second-order valence-electron chi connectivity index (χ2n) is 4.02. The molecule has 2 rings (SSSR count). The summed E-state index contributed by atoms with van der Waals surface area (Å²) in [5.41, 5.74) is 6.28. The molecule has 0 aliphatic rings. The third kappa shape index (κ3) is 3.40. The first-order valence-electron chi connectivity index (χ1n) is 5.58. The van der Waals surface area contributed by atoms with Gasteiger partial charge in [0.05, 0.1) is 9.95 Å². The Morgan fingerprint density at radius 2 is 2.05 bits per heavy atom. The molecule has 2 aromatic carbocycles. The number of anilines is 1. The van der Waals surface area contributed by atoms with Crippen LogP contribution in [0.2, 0.25) is 5.02 Å². The highest BCUT2D eigenvalue weighted by Gasteiger charge is 2.13. The molecule has 0 saturated carbocycles. The molecule has 0 aliphatic heterocycles. The smallest absolute Gasteiger partial charge is 0.304 e. The van der Waals surface area contributed by atoms with Crippen LogP contribution in [0.15, 0.2) is 41.3 Å². The number of nitro groups is 1. The zero-order chi connectivity index (χ0) is 14.7. The molecule has 0 atom stereocenters. The largest absolute Gasteiger partial charge is 0.399 e. The zero-order valence-corrected chi connectivity index (χ0v) is 11.7. The maximum atomic E-state index is 13.5. The van der Waals surface area contributed by atoms with Gasteiger partial charge in [0.1, 0.15) is 0 Å². The minimum absolute atomic E-state index is 0.457. The second kappa shape index (κ2) is 6.11. The van der Waals surface area contributed by atoms with Crippen LogP contribution >= 0.6 is 23.4 Å². The normalized spacial score (nSPS) is 10.5. The van der Waals surface area contributed by atoms with E-state index >= 15 is 0 Å². The van der Waals surface area contributed by atoms with Crippen LogP contribution in [-0.4, -0.2) is 4.92 Å². The molecular formula is C13H10ClFN2O2S. The van der Waals surface area contributed by atoms with E-state index in [4.69, 9.17) is 17.3 Å². The van der Waals surface area contributed by atoms with Crippen LogP contribution in [0.3, 0.4) is 0 Å². The Balaban J connectivity index is 2.11. The predicted octanol–water partition coefficient (Wildman–Crippen LogP) is 4.26. The van der Waals surface area contributed by atoms with Crippen LogP contribution in [0.5, 0.6) is 0 Å². The first-order valence-corrected chi connectivity index (χ1v) is 6.94. The maximum absolute atomic E-state index is 13.5. The monoisotopic (exact) mass is 312 g/mol. The molecule has 0 unspecified atom stereocenters. The number of nitrogens with two attached hydrogens (primary N) is 1. The lowest BCUT2D eigenvalue weighted by Crippen LogP contribution is -1.93. The van der Waals surface area contributed by atoms with Crippen LogP contribution < -0.4 is 5.73 Å². The van der Waals surface area contributed by atoms with Crippen LogP contribution in [-0.2, 0) is 5.75 Å². The average molecular weight is 313 g/mol. The summed E-state index contributed by atoms with van der Waals surface area (Å²) in [6, 6.07) is 9.00. The Hall–Kier alpha value is -1.79. The van der Waals surface area contributed by atoms with E-state index in [2.05, 4.69) is 0 Å². The standard InChI is InChI=1S/C13H10ClFN2O2S/c14-10-6-9(16)2-4-13(10)20-7-8-1-3-12(17(18)19)11(15)5-8/h1-6H,7,16H2. The first kappa shape index (κ1) is 14.6. The van der Waals surface area contributed by atoms with Gasteiger partial charge in [0.2, 0.25) is 5.82 Å². The van der Waals surface area contributed by atoms with Crippen molar-refractivity contribution >= 4 is 34.7 Å². The summed E-state index contributed by atoms with van der Waals surface area (Å²) in [6.45, 7) is 0. The molecule has 0 spiro atoms. The van der Waals surface area contributed by atoms with Crippen molar-refractivity contribution in [3.8, 4) is 0 Å². The molecule has 0 fully saturated rings. The third-order valence-electron chi connectivity index (χ3n) is 2.56. The molecular weight excluding hydrogens is 303 g/mol. The molecule has 0 bridgehead atoms. The summed E-state index contributed by atoms with van der Waals surface area (Å²) in [5, 5.41) is 11.0. The fraction of sp³-hybridized carbons (Fsp3) is 0.0769. The lowest BCUT2D eigenvalue weighted by Gasteiger charge is -2.05. The van der Waals surface area contributed by atoms with E-state index in [-0.39, 0.29) is 0 Å². The summed E-state index contributed by atoms with van der Waals surface area (Å²) in [7, 11) is 0. The number of nitrogen functional groups attached to an aromatic ring is 1. The van der Waals surface area contributed by atoms with Gasteiger partial charge >= 0.3 is 5.69 Å². The van der Waals surface area contributed by atoms with E-state index in [1.165, 1.54) is 17.8 Å². The molecule has 7 heteroatoms. The van der Waals surface area contributed by atoms with E-state index in [1.54, 1.807) is 18.2 Å². The number of halogens is 2.